The molecule has 1 unspecified atom stereocenters. The van der Waals surface area contributed by atoms with E-state index in [9.17, 15) is 9.18 Å². The lowest BCUT2D eigenvalue weighted by Crippen LogP contribution is -2.38. The second-order valence-electron chi connectivity index (χ2n) is 7.00. The van der Waals surface area contributed by atoms with Crippen molar-refractivity contribution in [2.45, 2.75) is 44.6 Å². The van der Waals surface area contributed by atoms with E-state index in [1.54, 1.807) is 24.7 Å². The summed E-state index contributed by atoms with van der Waals surface area (Å²) in [6, 6.07) is 6.77. The number of benzene rings is 1. The minimum atomic E-state index is -0.317. The Labute approximate surface area is 151 Å². The molecule has 1 saturated carbocycles. The molecular formula is C20H21FN4O. The molecule has 0 spiro atoms. The molecule has 0 aliphatic heterocycles. The first-order valence-corrected chi connectivity index (χ1v) is 8.96. The van der Waals surface area contributed by atoms with Gasteiger partial charge < -0.3 is 10.3 Å². The van der Waals surface area contributed by atoms with Crippen LogP contribution in [0.1, 0.15) is 53.3 Å². The average Bonchev–Trinajstić information content (AvgIpc) is 3.13. The van der Waals surface area contributed by atoms with Gasteiger partial charge in [0.25, 0.3) is 5.91 Å². The van der Waals surface area contributed by atoms with E-state index in [0.29, 0.717) is 22.5 Å². The van der Waals surface area contributed by atoms with E-state index in [1.807, 2.05) is 13.0 Å². The van der Waals surface area contributed by atoms with Gasteiger partial charge in [-0.1, -0.05) is 12.5 Å². The molecule has 0 saturated heterocycles. The number of nitrogens with zero attached hydrogens (tertiary/aromatic N) is 2. The molecule has 1 aliphatic carbocycles. The van der Waals surface area contributed by atoms with Gasteiger partial charge in [0.2, 0.25) is 0 Å². The molecule has 0 radical (unpaired) electrons. The van der Waals surface area contributed by atoms with Gasteiger partial charge in [-0.15, -0.1) is 0 Å². The molecule has 1 aliphatic rings. The van der Waals surface area contributed by atoms with Crippen LogP contribution >= 0.6 is 0 Å². The van der Waals surface area contributed by atoms with Crippen LogP contribution in [0.25, 0.3) is 10.9 Å². The number of aryl methyl sites for hydroxylation is 1. The largest absolute Gasteiger partial charge is 0.350 e. The highest BCUT2D eigenvalue weighted by molar-refractivity contribution is 5.99. The van der Waals surface area contributed by atoms with Gasteiger partial charge in [0.15, 0.2) is 0 Å². The van der Waals surface area contributed by atoms with Crippen molar-refractivity contribution in [2.24, 2.45) is 0 Å². The van der Waals surface area contributed by atoms with E-state index in [4.69, 9.17) is 0 Å². The Kier molecular flexibility index (Phi) is 4.41. The quantitative estimate of drug-likeness (QED) is 0.752. The van der Waals surface area contributed by atoms with E-state index in [1.165, 1.54) is 6.07 Å². The van der Waals surface area contributed by atoms with Crippen molar-refractivity contribution in [1.82, 2.24) is 20.3 Å². The van der Waals surface area contributed by atoms with Crippen LogP contribution in [0.3, 0.4) is 0 Å². The standard InChI is InChI=1S/C20H21FN4O/c1-12-5-6-16(21)15-10-18(25-19(12)15)20(26)24-14-4-2-3-13(9-14)17-7-8-22-11-23-17/h5-8,10-11,13-14,25H,2-4,9H2,1H3,(H,24,26)/t13?,14-/m1/s1. The Morgan fingerprint density at radius 2 is 2.19 bits per heavy atom. The number of nitrogens with one attached hydrogen (secondary N) is 2. The van der Waals surface area contributed by atoms with Gasteiger partial charge in [-0.3, -0.25) is 4.79 Å². The highest BCUT2D eigenvalue weighted by atomic mass is 19.1. The van der Waals surface area contributed by atoms with E-state index in [0.717, 1.165) is 36.9 Å². The molecule has 0 bridgehead atoms. The van der Waals surface area contributed by atoms with Crippen LogP contribution in [-0.2, 0) is 0 Å². The van der Waals surface area contributed by atoms with Crippen LogP contribution in [0.2, 0.25) is 0 Å². The summed E-state index contributed by atoms with van der Waals surface area (Å²) in [4.78, 5) is 24.0. The molecule has 4 rings (SSSR count). The van der Waals surface area contributed by atoms with Crippen LogP contribution in [0.5, 0.6) is 0 Å². The molecule has 1 fully saturated rings. The maximum absolute atomic E-state index is 14.0. The molecule has 6 heteroatoms. The average molecular weight is 352 g/mol. The zero-order chi connectivity index (χ0) is 18.1. The van der Waals surface area contributed by atoms with Crippen molar-refractivity contribution in [3.05, 3.63) is 59.6 Å². The van der Waals surface area contributed by atoms with Gasteiger partial charge in [0, 0.05) is 29.2 Å². The lowest BCUT2D eigenvalue weighted by atomic mass is 9.83. The van der Waals surface area contributed by atoms with Crippen molar-refractivity contribution in [3.8, 4) is 0 Å². The molecular weight excluding hydrogens is 331 g/mol. The minimum absolute atomic E-state index is 0.0913. The van der Waals surface area contributed by atoms with Gasteiger partial charge >= 0.3 is 0 Å². The summed E-state index contributed by atoms with van der Waals surface area (Å²) in [5, 5.41) is 3.55. The Bertz CT molecular complexity index is 899. The van der Waals surface area contributed by atoms with Gasteiger partial charge in [-0.05, 0) is 49.9 Å². The highest BCUT2D eigenvalue weighted by Gasteiger charge is 2.26. The summed E-state index contributed by atoms with van der Waals surface area (Å²) < 4.78 is 14.0. The lowest BCUT2D eigenvalue weighted by molar-refractivity contribution is 0.0920. The number of hydrogen-bond donors (Lipinski definition) is 2. The Hall–Kier alpha value is -2.76. The Morgan fingerprint density at radius 3 is 2.96 bits per heavy atom. The third-order valence-electron chi connectivity index (χ3n) is 5.23. The fourth-order valence-electron chi connectivity index (χ4n) is 3.84. The molecule has 26 heavy (non-hydrogen) atoms. The first-order chi connectivity index (χ1) is 12.6. The number of carbonyl (C=O) groups excluding carboxylic acids is 1. The number of halogens is 1. The second kappa shape index (κ2) is 6.86. The number of carbonyl (C=O) groups is 1. The van der Waals surface area contributed by atoms with Crippen LogP contribution in [0.15, 0.2) is 36.8 Å². The summed E-state index contributed by atoms with van der Waals surface area (Å²) in [5.41, 5.74) is 3.03. The van der Waals surface area contributed by atoms with Crippen molar-refractivity contribution in [1.29, 1.82) is 0 Å². The van der Waals surface area contributed by atoms with Crippen LogP contribution in [-0.4, -0.2) is 26.9 Å². The van der Waals surface area contributed by atoms with E-state index >= 15 is 0 Å². The topological polar surface area (TPSA) is 70.7 Å². The normalized spacial score (nSPS) is 20.2. The summed E-state index contributed by atoms with van der Waals surface area (Å²) >= 11 is 0. The van der Waals surface area contributed by atoms with Crippen molar-refractivity contribution < 1.29 is 9.18 Å². The predicted molar refractivity (Wildman–Crippen MR) is 97.5 cm³/mol. The number of rotatable bonds is 3. The van der Waals surface area contributed by atoms with Gasteiger partial charge in [0.1, 0.15) is 17.8 Å². The first kappa shape index (κ1) is 16.7. The van der Waals surface area contributed by atoms with Gasteiger partial charge in [-0.2, -0.15) is 0 Å². The molecule has 2 aromatic heterocycles. The number of aromatic amines is 1. The van der Waals surface area contributed by atoms with Crippen molar-refractivity contribution >= 4 is 16.8 Å². The molecule has 3 aromatic rings. The summed E-state index contributed by atoms with van der Waals surface area (Å²) in [5.74, 6) is -0.171. The molecule has 134 valence electrons. The van der Waals surface area contributed by atoms with Crippen LogP contribution < -0.4 is 5.32 Å². The maximum atomic E-state index is 14.0. The van der Waals surface area contributed by atoms with Gasteiger partial charge in [-0.25, -0.2) is 14.4 Å². The lowest BCUT2D eigenvalue weighted by Gasteiger charge is -2.29. The zero-order valence-corrected chi connectivity index (χ0v) is 14.6. The summed E-state index contributed by atoms with van der Waals surface area (Å²) in [6.07, 6.45) is 7.24. The smallest absolute Gasteiger partial charge is 0.267 e. The zero-order valence-electron chi connectivity index (χ0n) is 14.6. The molecule has 2 atom stereocenters. The number of amides is 1. The van der Waals surface area contributed by atoms with Crippen LogP contribution in [0.4, 0.5) is 4.39 Å². The fourth-order valence-corrected chi connectivity index (χ4v) is 3.84. The molecule has 2 N–H and O–H groups in total. The van der Waals surface area contributed by atoms with Crippen molar-refractivity contribution in [2.75, 3.05) is 0 Å². The van der Waals surface area contributed by atoms with E-state index in [-0.39, 0.29) is 17.8 Å². The van der Waals surface area contributed by atoms with E-state index in [2.05, 4.69) is 20.3 Å². The fraction of sp³-hybridized carbons (Fsp3) is 0.350. The monoisotopic (exact) mass is 352 g/mol. The maximum Gasteiger partial charge on any atom is 0.267 e. The Balaban J connectivity index is 1.49. The molecule has 1 aromatic carbocycles. The molecule has 1 amide bonds. The predicted octanol–water partition coefficient (Wildman–Crippen LogP) is 3.86. The third-order valence-corrected chi connectivity index (χ3v) is 5.23. The highest BCUT2D eigenvalue weighted by Crippen LogP contribution is 2.32. The summed E-state index contributed by atoms with van der Waals surface area (Å²) in [6.45, 7) is 1.90. The SMILES string of the molecule is Cc1ccc(F)c2cc(C(=O)N[C@@H]3CCCC(c4ccncn4)C3)[nH]c12. The Morgan fingerprint density at radius 1 is 1.31 bits per heavy atom. The van der Waals surface area contributed by atoms with E-state index < -0.39 is 0 Å². The second-order valence-corrected chi connectivity index (χ2v) is 7.00. The number of H-pyrrole nitrogens is 1. The van der Waals surface area contributed by atoms with Crippen LogP contribution in [0, 0.1) is 12.7 Å². The number of fused-ring (bicyclic) bond motifs is 1. The van der Waals surface area contributed by atoms with Crippen molar-refractivity contribution in [3.63, 3.8) is 0 Å². The summed E-state index contributed by atoms with van der Waals surface area (Å²) in [7, 11) is 0. The minimum Gasteiger partial charge on any atom is -0.350 e. The number of hydrogen-bond acceptors (Lipinski definition) is 3. The third kappa shape index (κ3) is 3.19. The first-order valence-electron chi connectivity index (χ1n) is 8.96. The van der Waals surface area contributed by atoms with Gasteiger partial charge in [0.05, 0.1) is 5.52 Å². The molecule has 2 heterocycles. The number of aromatic nitrogens is 3. The molecule has 5 nitrogen and oxygen atoms in total.